The summed E-state index contributed by atoms with van der Waals surface area (Å²) < 4.78 is 33.2. The minimum absolute atomic E-state index is 0.0872. The summed E-state index contributed by atoms with van der Waals surface area (Å²) >= 11 is 6.10. The van der Waals surface area contributed by atoms with Gasteiger partial charge in [0, 0.05) is 31.8 Å². The van der Waals surface area contributed by atoms with Crippen LogP contribution in [0.15, 0.2) is 23.1 Å². The number of sulfonamides is 1. The van der Waals surface area contributed by atoms with Crippen LogP contribution in [0.3, 0.4) is 0 Å². The Bertz CT molecular complexity index is 775. The molecule has 2 saturated heterocycles. The van der Waals surface area contributed by atoms with Crippen LogP contribution in [-0.2, 0) is 14.8 Å². The Labute approximate surface area is 171 Å². The normalized spacial score (nSPS) is 21.0. The molecule has 156 valence electrons. The van der Waals surface area contributed by atoms with Gasteiger partial charge in [-0.2, -0.15) is 0 Å². The third-order valence-corrected chi connectivity index (χ3v) is 7.08. The Kier molecular flexibility index (Phi) is 7.70. The van der Waals surface area contributed by atoms with Gasteiger partial charge < -0.3 is 15.0 Å². The number of hydrogen-bond acceptors (Lipinski definition) is 5. The molecule has 2 aliphatic heterocycles. The first-order valence-corrected chi connectivity index (χ1v) is 11.7. The van der Waals surface area contributed by atoms with Gasteiger partial charge in [0.05, 0.1) is 11.1 Å². The van der Waals surface area contributed by atoms with Gasteiger partial charge in [0.25, 0.3) is 5.91 Å². The number of hydrogen-bond donors (Lipinski definition) is 2. The number of nitrogens with one attached hydrogen (secondary N) is 2. The van der Waals surface area contributed by atoms with Gasteiger partial charge in [0.1, 0.15) is 4.90 Å². The van der Waals surface area contributed by atoms with E-state index in [0.717, 1.165) is 32.5 Å². The summed E-state index contributed by atoms with van der Waals surface area (Å²) in [5, 5.41) is 2.95. The highest BCUT2D eigenvalue weighted by Crippen LogP contribution is 2.23. The average Bonchev–Trinajstić information content (AvgIpc) is 3.21. The van der Waals surface area contributed by atoms with Gasteiger partial charge in [0.2, 0.25) is 10.0 Å². The standard InChI is InChI=1S/C19H28ClN3O4S/c20-17-7-6-15(19(24)21-8-11-23-9-2-1-3-10-23)13-18(17)28(25,26)22-14-16-5-4-12-27-16/h6-7,13,16,22H,1-5,8-12,14H2,(H,21,24). The van der Waals surface area contributed by atoms with E-state index < -0.39 is 10.0 Å². The molecule has 3 rings (SSSR count). The van der Waals surface area contributed by atoms with E-state index in [4.69, 9.17) is 16.3 Å². The number of amides is 1. The van der Waals surface area contributed by atoms with Crippen LogP contribution in [0.1, 0.15) is 42.5 Å². The molecular weight excluding hydrogens is 402 g/mol. The van der Waals surface area contributed by atoms with Gasteiger partial charge in [-0.3, -0.25) is 4.79 Å². The Hall–Kier alpha value is -1.19. The van der Waals surface area contributed by atoms with Crippen molar-refractivity contribution in [2.24, 2.45) is 0 Å². The second-order valence-corrected chi connectivity index (χ2v) is 9.43. The fraction of sp³-hybridized carbons (Fsp3) is 0.632. The molecule has 28 heavy (non-hydrogen) atoms. The van der Waals surface area contributed by atoms with Crippen molar-refractivity contribution in [2.45, 2.75) is 43.1 Å². The van der Waals surface area contributed by atoms with Crippen molar-refractivity contribution in [1.82, 2.24) is 14.9 Å². The number of rotatable bonds is 8. The SMILES string of the molecule is O=C(NCCN1CCCCC1)c1ccc(Cl)c(S(=O)(=O)NCC2CCCO2)c1. The molecule has 1 atom stereocenters. The van der Waals surface area contributed by atoms with Gasteiger partial charge in [-0.25, -0.2) is 13.1 Å². The van der Waals surface area contributed by atoms with Crippen molar-refractivity contribution < 1.29 is 17.9 Å². The molecule has 9 heteroatoms. The van der Waals surface area contributed by atoms with E-state index in [-0.39, 0.29) is 34.0 Å². The molecule has 1 unspecified atom stereocenters. The van der Waals surface area contributed by atoms with Crippen LogP contribution in [0.4, 0.5) is 0 Å². The van der Waals surface area contributed by atoms with E-state index in [0.29, 0.717) is 13.2 Å². The molecule has 2 N–H and O–H groups in total. The van der Waals surface area contributed by atoms with Crippen LogP contribution in [0, 0.1) is 0 Å². The average molecular weight is 430 g/mol. The lowest BCUT2D eigenvalue weighted by atomic mass is 10.1. The van der Waals surface area contributed by atoms with Crippen LogP contribution < -0.4 is 10.0 Å². The molecule has 1 aromatic carbocycles. The van der Waals surface area contributed by atoms with Crippen molar-refractivity contribution >= 4 is 27.5 Å². The van der Waals surface area contributed by atoms with Gasteiger partial charge in [-0.05, 0) is 57.0 Å². The van der Waals surface area contributed by atoms with Crippen LogP contribution >= 0.6 is 11.6 Å². The number of benzene rings is 1. The molecule has 1 aromatic rings. The minimum Gasteiger partial charge on any atom is -0.377 e. The lowest BCUT2D eigenvalue weighted by Crippen LogP contribution is -2.37. The molecule has 2 aliphatic rings. The fourth-order valence-corrected chi connectivity index (χ4v) is 5.14. The van der Waals surface area contributed by atoms with E-state index >= 15 is 0 Å². The lowest BCUT2D eigenvalue weighted by Gasteiger charge is -2.26. The maximum atomic E-state index is 12.6. The maximum absolute atomic E-state index is 12.6. The summed E-state index contributed by atoms with van der Waals surface area (Å²) in [6, 6.07) is 4.32. The summed E-state index contributed by atoms with van der Waals surface area (Å²) in [7, 11) is -3.82. The van der Waals surface area contributed by atoms with Crippen molar-refractivity contribution in [3.05, 3.63) is 28.8 Å². The zero-order valence-electron chi connectivity index (χ0n) is 16.0. The molecule has 1 amide bonds. The zero-order valence-corrected chi connectivity index (χ0v) is 17.5. The Balaban J connectivity index is 1.58. The number of carbonyl (C=O) groups is 1. The molecule has 0 spiro atoms. The number of piperidine rings is 1. The molecule has 2 fully saturated rings. The smallest absolute Gasteiger partial charge is 0.251 e. The van der Waals surface area contributed by atoms with Crippen molar-refractivity contribution in [2.75, 3.05) is 39.3 Å². The third-order valence-electron chi connectivity index (χ3n) is 5.17. The Morgan fingerprint density at radius 3 is 2.71 bits per heavy atom. The molecule has 7 nitrogen and oxygen atoms in total. The number of ether oxygens (including phenoxy) is 1. The maximum Gasteiger partial charge on any atom is 0.251 e. The molecule has 0 radical (unpaired) electrons. The number of likely N-dealkylation sites (tertiary alicyclic amines) is 1. The highest BCUT2D eigenvalue weighted by molar-refractivity contribution is 7.89. The molecule has 0 aliphatic carbocycles. The second-order valence-electron chi connectivity index (χ2n) is 7.29. The van der Waals surface area contributed by atoms with E-state index in [1.165, 1.54) is 37.5 Å². The van der Waals surface area contributed by atoms with E-state index in [1.807, 2.05) is 0 Å². The predicted molar refractivity (Wildman–Crippen MR) is 108 cm³/mol. The van der Waals surface area contributed by atoms with Crippen LogP contribution in [0.5, 0.6) is 0 Å². The Morgan fingerprint density at radius 1 is 1.21 bits per heavy atom. The highest BCUT2D eigenvalue weighted by atomic mass is 35.5. The lowest BCUT2D eigenvalue weighted by molar-refractivity contribution is 0.0946. The Morgan fingerprint density at radius 2 is 2.00 bits per heavy atom. The first-order valence-electron chi connectivity index (χ1n) is 9.87. The zero-order chi connectivity index (χ0) is 20.0. The second kappa shape index (κ2) is 10.0. The number of carbonyl (C=O) groups excluding carboxylic acids is 1. The van der Waals surface area contributed by atoms with Crippen molar-refractivity contribution in [3.63, 3.8) is 0 Å². The molecular formula is C19H28ClN3O4S. The topological polar surface area (TPSA) is 87.7 Å². The minimum atomic E-state index is -3.82. The first-order chi connectivity index (χ1) is 13.5. The summed E-state index contributed by atoms with van der Waals surface area (Å²) in [6.45, 7) is 4.31. The summed E-state index contributed by atoms with van der Waals surface area (Å²) in [5.74, 6) is -0.302. The predicted octanol–water partition coefficient (Wildman–Crippen LogP) is 2.01. The number of nitrogens with zero attached hydrogens (tertiary/aromatic N) is 1. The molecule has 0 bridgehead atoms. The van der Waals surface area contributed by atoms with Crippen LogP contribution in [0.25, 0.3) is 0 Å². The quantitative estimate of drug-likeness (QED) is 0.660. The van der Waals surface area contributed by atoms with Gasteiger partial charge in [-0.1, -0.05) is 18.0 Å². The monoisotopic (exact) mass is 429 g/mol. The van der Waals surface area contributed by atoms with Crippen LogP contribution in [-0.4, -0.2) is 64.7 Å². The van der Waals surface area contributed by atoms with E-state index in [1.54, 1.807) is 0 Å². The van der Waals surface area contributed by atoms with E-state index in [2.05, 4.69) is 14.9 Å². The largest absolute Gasteiger partial charge is 0.377 e. The molecule has 0 saturated carbocycles. The van der Waals surface area contributed by atoms with Gasteiger partial charge in [-0.15, -0.1) is 0 Å². The van der Waals surface area contributed by atoms with Crippen LogP contribution in [0.2, 0.25) is 5.02 Å². The fourth-order valence-electron chi connectivity index (χ4n) is 3.55. The van der Waals surface area contributed by atoms with Crippen molar-refractivity contribution in [3.8, 4) is 0 Å². The highest BCUT2D eigenvalue weighted by Gasteiger charge is 2.23. The summed E-state index contributed by atoms with van der Waals surface area (Å²) in [4.78, 5) is 14.7. The number of halogens is 1. The first kappa shape index (κ1) is 21.5. The summed E-state index contributed by atoms with van der Waals surface area (Å²) in [5.41, 5.74) is 0.278. The molecule has 2 heterocycles. The summed E-state index contributed by atoms with van der Waals surface area (Å²) in [6.07, 6.45) is 5.31. The van der Waals surface area contributed by atoms with E-state index in [9.17, 15) is 13.2 Å². The van der Waals surface area contributed by atoms with Gasteiger partial charge in [0.15, 0.2) is 0 Å². The molecule has 0 aromatic heterocycles. The van der Waals surface area contributed by atoms with Crippen molar-refractivity contribution in [1.29, 1.82) is 0 Å². The third kappa shape index (κ3) is 5.90. The van der Waals surface area contributed by atoms with Gasteiger partial charge >= 0.3 is 0 Å².